The summed E-state index contributed by atoms with van der Waals surface area (Å²) < 4.78 is 5.55. The van der Waals surface area contributed by atoms with Crippen LogP contribution in [0.4, 0.5) is 0 Å². The molecule has 1 nitrogen and oxygen atoms in total. The molecule has 1 unspecified atom stereocenters. The fraction of sp³-hybridized carbons (Fsp3) is 0.600. The van der Waals surface area contributed by atoms with E-state index in [1.54, 1.807) is 18.4 Å². The molecule has 0 saturated carbocycles. The van der Waals surface area contributed by atoms with Crippen molar-refractivity contribution in [1.29, 1.82) is 0 Å². The molecular weight excluding hydrogens is 168 g/mol. The minimum atomic E-state index is -0.117. The number of thiophene rings is 1. The van der Waals surface area contributed by atoms with Crippen LogP contribution in [0.15, 0.2) is 17.5 Å². The third kappa shape index (κ3) is 1.54. The number of hydrogen-bond acceptors (Lipinski definition) is 2. The Morgan fingerprint density at radius 1 is 1.50 bits per heavy atom. The number of rotatable bonds is 3. The summed E-state index contributed by atoms with van der Waals surface area (Å²) in [5.41, 5.74) is -0.117. The SMILES string of the molecule is COC(C)(c1cccs1)C(C)C. The molecule has 0 aliphatic heterocycles. The molecular formula is C10H16OS. The summed E-state index contributed by atoms with van der Waals surface area (Å²) in [7, 11) is 1.78. The summed E-state index contributed by atoms with van der Waals surface area (Å²) in [6.07, 6.45) is 0. The summed E-state index contributed by atoms with van der Waals surface area (Å²) in [5, 5.41) is 2.09. The molecule has 1 atom stereocenters. The van der Waals surface area contributed by atoms with E-state index in [1.165, 1.54) is 4.88 Å². The highest BCUT2D eigenvalue weighted by Crippen LogP contribution is 2.35. The molecule has 0 bridgehead atoms. The lowest BCUT2D eigenvalue weighted by Crippen LogP contribution is -2.29. The van der Waals surface area contributed by atoms with Crippen molar-refractivity contribution in [2.75, 3.05) is 7.11 Å². The fourth-order valence-corrected chi connectivity index (χ4v) is 2.20. The Morgan fingerprint density at radius 2 is 2.17 bits per heavy atom. The van der Waals surface area contributed by atoms with E-state index in [9.17, 15) is 0 Å². The van der Waals surface area contributed by atoms with Crippen LogP contribution < -0.4 is 0 Å². The number of hydrogen-bond donors (Lipinski definition) is 0. The molecule has 0 radical (unpaired) electrons. The first kappa shape index (κ1) is 9.75. The third-order valence-corrected chi connectivity index (χ3v) is 3.62. The molecule has 0 aliphatic carbocycles. The van der Waals surface area contributed by atoms with Crippen molar-refractivity contribution >= 4 is 11.3 Å². The average Bonchev–Trinajstić information content (AvgIpc) is 2.54. The van der Waals surface area contributed by atoms with E-state index < -0.39 is 0 Å². The summed E-state index contributed by atoms with van der Waals surface area (Å²) >= 11 is 1.76. The van der Waals surface area contributed by atoms with Gasteiger partial charge in [0.25, 0.3) is 0 Å². The molecule has 0 N–H and O–H groups in total. The Labute approximate surface area is 78.4 Å². The predicted octanol–water partition coefficient (Wildman–Crippen LogP) is 3.27. The van der Waals surface area contributed by atoms with Gasteiger partial charge in [-0.1, -0.05) is 19.9 Å². The van der Waals surface area contributed by atoms with Gasteiger partial charge in [-0.05, 0) is 24.3 Å². The van der Waals surface area contributed by atoms with E-state index in [2.05, 4.69) is 38.3 Å². The van der Waals surface area contributed by atoms with Crippen molar-refractivity contribution in [3.63, 3.8) is 0 Å². The maximum Gasteiger partial charge on any atom is 0.101 e. The Hall–Kier alpha value is -0.340. The zero-order valence-corrected chi connectivity index (χ0v) is 8.94. The minimum absolute atomic E-state index is 0.117. The maximum absolute atomic E-state index is 5.55. The highest BCUT2D eigenvalue weighted by Gasteiger charge is 2.30. The van der Waals surface area contributed by atoms with Crippen molar-refractivity contribution in [3.8, 4) is 0 Å². The van der Waals surface area contributed by atoms with Gasteiger partial charge in [-0.15, -0.1) is 11.3 Å². The van der Waals surface area contributed by atoms with Gasteiger partial charge in [0.15, 0.2) is 0 Å². The second-order valence-corrected chi connectivity index (χ2v) is 4.39. The summed E-state index contributed by atoms with van der Waals surface area (Å²) in [5.74, 6) is 0.501. The van der Waals surface area contributed by atoms with Crippen molar-refractivity contribution in [1.82, 2.24) is 0 Å². The zero-order chi connectivity index (χ0) is 9.19. The van der Waals surface area contributed by atoms with Gasteiger partial charge in [-0.3, -0.25) is 0 Å². The van der Waals surface area contributed by atoms with Gasteiger partial charge in [0.05, 0.1) is 0 Å². The summed E-state index contributed by atoms with van der Waals surface area (Å²) in [6, 6.07) is 4.20. The predicted molar refractivity (Wildman–Crippen MR) is 53.5 cm³/mol. The molecule has 1 rings (SSSR count). The number of methoxy groups -OCH3 is 1. The van der Waals surface area contributed by atoms with Gasteiger partial charge in [0.2, 0.25) is 0 Å². The largest absolute Gasteiger partial charge is 0.373 e. The number of ether oxygens (including phenoxy) is 1. The van der Waals surface area contributed by atoms with Crippen LogP contribution in [0.3, 0.4) is 0 Å². The second kappa shape index (κ2) is 3.58. The van der Waals surface area contributed by atoms with Crippen LogP contribution in [0, 0.1) is 5.92 Å². The summed E-state index contributed by atoms with van der Waals surface area (Å²) in [4.78, 5) is 1.31. The standard InChI is InChI=1S/C10H16OS/c1-8(2)10(3,11-4)9-6-5-7-12-9/h5-8H,1-4H3. The van der Waals surface area contributed by atoms with Gasteiger partial charge in [0.1, 0.15) is 5.60 Å². The van der Waals surface area contributed by atoms with Gasteiger partial charge in [-0.25, -0.2) is 0 Å². The molecule has 0 fully saturated rings. The van der Waals surface area contributed by atoms with E-state index in [4.69, 9.17) is 4.74 Å². The quantitative estimate of drug-likeness (QED) is 0.700. The van der Waals surface area contributed by atoms with Gasteiger partial charge < -0.3 is 4.74 Å². The van der Waals surface area contributed by atoms with E-state index >= 15 is 0 Å². The Morgan fingerprint density at radius 3 is 2.50 bits per heavy atom. The smallest absolute Gasteiger partial charge is 0.101 e. The van der Waals surface area contributed by atoms with Crippen LogP contribution in [-0.2, 0) is 10.3 Å². The molecule has 1 aromatic rings. The molecule has 0 aliphatic rings. The molecule has 68 valence electrons. The van der Waals surface area contributed by atoms with Crippen LogP contribution in [0.25, 0.3) is 0 Å². The van der Waals surface area contributed by atoms with Crippen LogP contribution in [0.5, 0.6) is 0 Å². The fourth-order valence-electron chi connectivity index (χ4n) is 1.18. The second-order valence-electron chi connectivity index (χ2n) is 3.44. The molecule has 0 amide bonds. The van der Waals surface area contributed by atoms with Crippen molar-refractivity contribution in [2.24, 2.45) is 5.92 Å². The molecule has 0 saturated heterocycles. The Bertz CT molecular complexity index is 228. The minimum Gasteiger partial charge on any atom is -0.373 e. The lowest BCUT2D eigenvalue weighted by atomic mass is 9.91. The highest BCUT2D eigenvalue weighted by molar-refractivity contribution is 7.10. The highest BCUT2D eigenvalue weighted by atomic mass is 32.1. The average molecular weight is 184 g/mol. The third-order valence-electron chi connectivity index (χ3n) is 2.54. The normalized spacial score (nSPS) is 16.4. The van der Waals surface area contributed by atoms with Gasteiger partial charge in [0, 0.05) is 12.0 Å². The Balaban J connectivity index is 2.96. The van der Waals surface area contributed by atoms with E-state index in [0.29, 0.717) is 5.92 Å². The van der Waals surface area contributed by atoms with Crippen LogP contribution >= 0.6 is 11.3 Å². The van der Waals surface area contributed by atoms with Gasteiger partial charge >= 0.3 is 0 Å². The Kier molecular flexibility index (Phi) is 2.91. The molecule has 0 spiro atoms. The molecule has 1 aromatic heterocycles. The first-order valence-corrected chi connectivity index (χ1v) is 5.08. The molecule has 1 heterocycles. The van der Waals surface area contributed by atoms with Crippen molar-refractivity contribution in [2.45, 2.75) is 26.4 Å². The maximum atomic E-state index is 5.55. The lowest BCUT2D eigenvalue weighted by Gasteiger charge is -2.31. The lowest BCUT2D eigenvalue weighted by molar-refractivity contribution is -0.0342. The van der Waals surface area contributed by atoms with E-state index in [1.807, 2.05) is 0 Å². The molecule has 0 aromatic carbocycles. The molecule has 2 heteroatoms. The monoisotopic (exact) mass is 184 g/mol. The summed E-state index contributed by atoms with van der Waals surface area (Å²) in [6.45, 7) is 6.51. The van der Waals surface area contributed by atoms with Crippen LogP contribution in [0.1, 0.15) is 25.6 Å². The van der Waals surface area contributed by atoms with Crippen LogP contribution in [-0.4, -0.2) is 7.11 Å². The van der Waals surface area contributed by atoms with Crippen molar-refractivity contribution < 1.29 is 4.74 Å². The first-order chi connectivity index (χ1) is 5.61. The van der Waals surface area contributed by atoms with Crippen molar-refractivity contribution in [3.05, 3.63) is 22.4 Å². The molecule has 12 heavy (non-hydrogen) atoms. The van der Waals surface area contributed by atoms with E-state index in [0.717, 1.165) is 0 Å². The first-order valence-electron chi connectivity index (χ1n) is 4.20. The van der Waals surface area contributed by atoms with Gasteiger partial charge in [-0.2, -0.15) is 0 Å². The topological polar surface area (TPSA) is 9.23 Å². The zero-order valence-electron chi connectivity index (χ0n) is 8.13. The van der Waals surface area contributed by atoms with E-state index in [-0.39, 0.29) is 5.60 Å². The van der Waals surface area contributed by atoms with Crippen LogP contribution in [0.2, 0.25) is 0 Å².